The summed E-state index contributed by atoms with van der Waals surface area (Å²) in [5.74, 6) is -0.489. The van der Waals surface area contributed by atoms with E-state index >= 15 is 0 Å². The molecule has 0 atom stereocenters. The first-order chi connectivity index (χ1) is 4.74. The molecule has 0 unspecified atom stereocenters. The molecular weight excluding hydrogens is 130 g/mol. The lowest BCUT2D eigenvalue weighted by molar-refractivity contribution is -0.114. The molecule has 3 nitrogen and oxygen atoms in total. The number of rotatable bonds is 1. The lowest BCUT2D eigenvalue weighted by atomic mass is 10.1. The highest BCUT2D eigenvalue weighted by atomic mass is 16.1. The molecule has 0 saturated carbocycles. The first-order valence-corrected chi connectivity index (χ1v) is 2.69. The third-order valence-electron chi connectivity index (χ3n) is 1.10. The molecule has 0 aromatic carbocycles. The van der Waals surface area contributed by atoms with Crippen LogP contribution in [-0.2, 0) is 9.59 Å². The molecule has 50 valence electrons. The first kappa shape index (κ1) is 6.61. The maximum absolute atomic E-state index is 10.7. The standard InChI is InChI=1S/C7H5NO2/c1-8-6-4-5(9)2-3-7(6)10/h2-4H,1H2. The van der Waals surface area contributed by atoms with Gasteiger partial charge in [-0.3, -0.25) is 14.6 Å². The number of ketones is 2. The van der Waals surface area contributed by atoms with Crippen LogP contribution in [0.2, 0.25) is 0 Å². The van der Waals surface area contributed by atoms with Gasteiger partial charge in [-0.15, -0.1) is 0 Å². The Hall–Kier alpha value is -1.51. The number of carbonyl (C=O) groups excluding carboxylic acids is 2. The molecule has 0 radical (unpaired) electrons. The molecule has 0 aromatic rings. The van der Waals surface area contributed by atoms with E-state index in [1.807, 2.05) is 0 Å². The number of allylic oxidation sites excluding steroid dienone is 3. The van der Waals surface area contributed by atoms with Crippen LogP contribution in [0.15, 0.2) is 28.9 Å². The largest absolute Gasteiger partial charge is 0.290 e. The highest BCUT2D eigenvalue weighted by molar-refractivity contribution is 6.17. The highest BCUT2D eigenvalue weighted by Gasteiger charge is 2.09. The van der Waals surface area contributed by atoms with Gasteiger partial charge in [0.1, 0.15) is 5.70 Å². The van der Waals surface area contributed by atoms with Crippen molar-refractivity contribution in [2.45, 2.75) is 0 Å². The number of nitrogens with zero attached hydrogens (tertiary/aromatic N) is 1. The third-order valence-corrected chi connectivity index (χ3v) is 1.10. The third kappa shape index (κ3) is 1.07. The van der Waals surface area contributed by atoms with Crippen LogP contribution < -0.4 is 0 Å². The quantitative estimate of drug-likeness (QED) is 0.383. The van der Waals surface area contributed by atoms with Crippen LogP contribution in [-0.4, -0.2) is 18.3 Å². The lowest BCUT2D eigenvalue weighted by Crippen LogP contribution is -2.04. The number of hydrogen-bond acceptors (Lipinski definition) is 3. The van der Waals surface area contributed by atoms with E-state index in [1.54, 1.807) is 0 Å². The van der Waals surface area contributed by atoms with Crippen molar-refractivity contribution in [1.29, 1.82) is 0 Å². The fourth-order valence-corrected chi connectivity index (χ4v) is 0.621. The molecule has 0 fully saturated rings. The van der Waals surface area contributed by atoms with Gasteiger partial charge in [-0.1, -0.05) is 0 Å². The fourth-order valence-electron chi connectivity index (χ4n) is 0.621. The molecule has 0 N–H and O–H groups in total. The van der Waals surface area contributed by atoms with Gasteiger partial charge in [0, 0.05) is 6.08 Å². The summed E-state index contributed by atoms with van der Waals surface area (Å²) >= 11 is 0. The molecule has 3 heteroatoms. The SMILES string of the molecule is C=NC1=CC(=O)C=CC1=O. The van der Waals surface area contributed by atoms with Crippen LogP contribution in [0.1, 0.15) is 0 Å². The van der Waals surface area contributed by atoms with Crippen LogP contribution >= 0.6 is 0 Å². The maximum atomic E-state index is 10.7. The normalized spacial score (nSPS) is 17.0. The summed E-state index contributed by atoms with van der Waals surface area (Å²) in [6, 6.07) is 0. The van der Waals surface area contributed by atoms with E-state index in [-0.39, 0.29) is 17.3 Å². The van der Waals surface area contributed by atoms with Crippen LogP contribution in [0, 0.1) is 0 Å². The van der Waals surface area contributed by atoms with Gasteiger partial charge in [-0.2, -0.15) is 0 Å². The minimum absolute atomic E-state index is 0.118. The van der Waals surface area contributed by atoms with E-state index < -0.39 is 0 Å². The van der Waals surface area contributed by atoms with E-state index in [2.05, 4.69) is 11.7 Å². The summed E-state index contributed by atoms with van der Waals surface area (Å²) in [6.07, 6.45) is 3.55. The molecule has 0 bridgehead atoms. The summed E-state index contributed by atoms with van der Waals surface area (Å²) in [7, 11) is 0. The van der Waals surface area contributed by atoms with E-state index in [0.717, 1.165) is 6.08 Å². The number of carbonyl (C=O) groups is 2. The second-order valence-corrected chi connectivity index (χ2v) is 1.79. The van der Waals surface area contributed by atoms with Crippen LogP contribution in [0.5, 0.6) is 0 Å². The second kappa shape index (κ2) is 2.39. The molecular formula is C7H5NO2. The molecule has 0 aromatic heterocycles. The van der Waals surface area contributed by atoms with Gasteiger partial charge < -0.3 is 0 Å². The van der Waals surface area contributed by atoms with E-state index in [4.69, 9.17) is 0 Å². The number of aliphatic imine (C=N–C) groups is 1. The zero-order valence-corrected chi connectivity index (χ0v) is 5.20. The Morgan fingerprint density at radius 2 is 2.00 bits per heavy atom. The predicted molar refractivity (Wildman–Crippen MR) is 36.8 cm³/mol. The average molecular weight is 135 g/mol. The Labute approximate surface area is 57.8 Å². The van der Waals surface area contributed by atoms with Crippen LogP contribution in [0.4, 0.5) is 0 Å². The summed E-state index contributed by atoms with van der Waals surface area (Å²) in [4.78, 5) is 24.7. The molecule has 1 aliphatic rings. The smallest absolute Gasteiger partial charge is 0.204 e. The molecule has 1 aliphatic carbocycles. The highest BCUT2D eigenvalue weighted by Crippen LogP contribution is 2.04. The van der Waals surface area contributed by atoms with E-state index in [0.29, 0.717) is 0 Å². The molecule has 0 aliphatic heterocycles. The summed E-state index contributed by atoms with van der Waals surface area (Å²) < 4.78 is 0. The molecule has 1 rings (SSSR count). The maximum Gasteiger partial charge on any atom is 0.204 e. The second-order valence-electron chi connectivity index (χ2n) is 1.79. The van der Waals surface area contributed by atoms with E-state index in [1.165, 1.54) is 12.2 Å². The van der Waals surface area contributed by atoms with Gasteiger partial charge in [-0.25, -0.2) is 0 Å². The van der Waals surface area contributed by atoms with Crippen molar-refractivity contribution < 1.29 is 9.59 Å². The Bertz CT molecular complexity index is 261. The molecule has 0 heterocycles. The van der Waals surface area contributed by atoms with Gasteiger partial charge in [0.2, 0.25) is 5.78 Å². The van der Waals surface area contributed by atoms with Crippen molar-refractivity contribution in [2.75, 3.05) is 0 Å². The Balaban J connectivity index is 3.00. The van der Waals surface area contributed by atoms with Crippen LogP contribution in [0.3, 0.4) is 0 Å². The summed E-state index contributed by atoms with van der Waals surface area (Å²) in [6.45, 7) is 3.14. The molecule has 0 amide bonds. The van der Waals surface area contributed by atoms with Gasteiger partial charge in [0.05, 0.1) is 0 Å². The monoisotopic (exact) mass is 135 g/mol. The summed E-state index contributed by atoms with van der Waals surface area (Å²) in [5.41, 5.74) is 0.118. The average Bonchev–Trinajstić information content (AvgIpc) is 1.94. The van der Waals surface area contributed by atoms with Crippen molar-refractivity contribution in [1.82, 2.24) is 0 Å². The van der Waals surface area contributed by atoms with Gasteiger partial charge >= 0.3 is 0 Å². The van der Waals surface area contributed by atoms with Crippen molar-refractivity contribution >= 4 is 18.3 Å². The molecule has 0 saturated heterocycles. The summed E-state index contributed by atoms with van der Waals surface area (Å²) in [5, 5.41) is 0. The van der Waals surface area contributed by atoms with Gasteiger partial charge in [0.25, 0.3) is 0 Å². The topological polar surface area (TPSA) is 46.5 Å². The predicted octanol–water partition coefficient (Wildman–Crippen LogP) is 0.279. The van der Waals surface area contributed by atoms with Crippen molar-refractivity contribution in [3.63, 3.8) is 0 Å². The minimum Gasteiger partial charge on any atom is -0.290 e. The molecule has 10 heavy (non-hydrogen) atoms. The Morgan fingerprint density at radius 3 is 2.50 bits per heavy atom. The van der Waals surface area contributed by atoms with Gasteiger partial charge in [-0.05, 0) is 18.9 Å². The van der Waals surface area contributed by atoms with Gasteiger partial charge in [0.15, 0.2) is 5.78 Å². The van der Waals surface area contributed by atoms with E-state index in [9.17, 15) is 9.59 Å². The Kier molecular flexibility index (Phi) is 1.58. The number of hydrogen-bond donors (Lipinski definition) is 0. The van der Waals surface area contributed by atoms with Crippen LogP contribution in [0.25, 0.3) is 0 Å². The van der Waals surface area contributed by atoms with Crippen molar-refractivity contribution in [3.8, 4) is 0 Å². The van der Waals surface area contributed by atoms with Crippen molar-refractivity contribution in [3.05, 3.63) is 23.9 Å². The Morgan fingerprint density at radius 1 is 1.30 bits per heavy atom. The zero-order valence-electron chi connectivity index (χ0n) is 5.20. The lowest BCUT2D eigenvalue weighted by Gasteiger charge is -1.97. The minimum atomic E-state index is -0.269. The zero-order chi connectivity index (χ0) is 7.56. The fraction of sp³-hybridized carbons (Fsp3) is 0. The van der Waals surface area contributed by atoms with Crippen molar-refractivity contribution in [2.24, 2.45) is 4.99 Å². The first-order valence-electron chi connectivity index (χ1n) is 2.69. The molecule has 0 spiro atoms.